The van der Waals surface area contributed by atoms with Crippen molar-refractivity contribution in [2.45, 2.75) is 38.1 Å². The second-order valence-electron chi connectivity index (χ2n) is 9.39. The number of morpholine rings is 1. The molecule has 2 aromatic heterocycles. The van der Waals surface area contributed by atoms with Gasteiger partial charge < -0.3 is 19.5 Å². The molecular formula is C27H32N4O3. The van der Waals surface area contributed by atoms with Gasteiger partial charge in [-0.05, 0) is 67.3 Å². The van der Waals surface area contributed by atoms with E-state index in [-0.39, 0.29) is 11.8 Å². The predicted molar refractivity (Wildman–Crippen MR) is 131 cm³/mol. The Labute approximate surface area is 200 Å². The van der Waals surface area contributed by atoms with E-state index in [1.54, 1.807) is 13.2 Å². The van der Waals surface area contributed by atoms with Gasteiger partial charge in [-0.1, -0.05) is 12.1 Å². The summed E-state index contributed by atoms with van der Waals surface area (Å²) in [5, 5.41) is 2.67. The van der Waals surface area contributed by atoms with Crippen molar-refractivity contribution in [1.29, 1.82) is 0 Å². The van der Waals surface area contributed by atoms with Crippen LogP contribution in [0.15, 0.2) is 48.8 Å². The Balaban J connectivity index is 1.26. The molecule has 0 bridgehead atoms. The van der Waals surface area contributed by atoms with Gasteiger partial charge in [-0.15, -0.1) is 0 Å². The number of carbonyl (C=O) groups excluding carboxylic acids is 2. The van der Waals surface area contributed by atoms with Gasteiger partial charge in [0.25, 0.3) is 11.8 Å². The van der Waals surface area contributed by atoms with Gasteiger partial charge in [0.05, 0.1) is 24.3 Å². The lowest BCUT2D eigenvalue weighted by molar-refractivity contribution is 0.0304. The van der Waals surface area contributed by atoms with Crippen molar-refractivity contribution in [3.63, 3.8) is 0 Å². The monoisotopic (exact) mass is 460 g/mol. The summed E-state index contributed by atoms with van der Waals surface area (Å²) in [6, 6.07) is 12.1. The highest BCUT2D eigenvalue weighted by Crippen LogP contribution is 2.37. The van der Waals surface area contributed by atoms with Crippen LogP contribution in [0.2, 0.25) is 0 Å². The zero-order chi connectivity index (χ0) is 23.5. The number of pyridine rings is 1. The van der Waals surface area contributed by atoms with E-state index in [4.69, 9.17) is 4.74 Å². The molecule has 1 N–H and O–H groups in total. The normalized spacial score (nSPS) is 20.9. The van der Waals surface area contributed by atoms with Crippen LogP contribution in [0, 0.1) is 5.92 Å². The first kappa shape index (κ1) is 22.6. The van der Waals surface area contributed by atoms with Crippen molar-refractivity contribution >= 4 is 22.8 Å². The van der Waals surface area contributed by atoms with E-state index in [1.165, 1.54) is 5.56 Å². The molecule has 0 spiro atoms. The van der Waals surface area contributed by atoms with Crippen LogP contribution in [0.3, 0.4) is 0 Å². The van der Waals surface area contributed by atoms with Crippen LogP contribution in [0.5, 0.6) is 0 Å². The van der Waals surface area contributed by atoms with Crippen molar-refractivity contribution < 1.29 is 14.3 Å². The van der Waals surface area contributed by atoms with Crippen LogP contribution in [0.1, 0.15) is 57.9 Å². The van der Waals surface area contributed by atoms with Gasteiger partial charge in [-0.25, -0.2) is 0 Å². The molecule has 5 rings (SSSR count). The number of carbonyl (C=O) groups is 2. The Morgan fingerprint density at radius 1 is 1.06 bits per heavy atom. The summed E-state index contributed by atoms with van der Waals surface area (Å²) in [5.74, 6) is 1.12. The molecule has 3 heterocycles. The van der Waals surface area contributed by atoms with Gasteiger partial charge in [0.1, 0.15) is 5.52 Å². The molecule has 1 aliphatic heterocycles. The summed E-state index contributed by atoms with van der Waals surface area (Å²) >= 11 is 0. The highest BCUT2D eigenvalue weighted by molar-refractivity contribution is 6.05. The van der Waals surface area contributed by atoms with Gasteiger partial charge in [0.2, 0.25) is 0 Å². The molecule has 34 heavy (non-hydrogen) atoms. The predicted octanol–water partition coefficient (Wildman–Crippen LogP) is 3.84. The number of amides is 2. The van der Waals surface area contributed by atoms with Crippen LogP contribution in [0.4, 0.5) is 0 Å². The fraction of sp³-hybridized carbons (Fsp3) is 0.444. The number of hydrogen-bond donors (Lipinski definition) is 1. The topological polar surface area (TPSA) is 76.5 Å². The molecule has 7 nitrogen and oxygen atoms in total. The SMILES string of the molecule is CNC(=O)c1ccc(C2CCC(Cn3cc(C(=O)N4CCOCC4)c4ncccc43)CC2)cc1. The maximum absolute atomic E-state index is 13.2. The van der Waals surface area contributed by atoms with Gasteiger partial charge in [0.15, 0.2) is 0 Å². The quantitative estimate of drug-likeness (QED) is 0.628. The van der Waals surface area contributed by atoms with Gasteiger partial charge in [-0.3, -0.25) is 14.6 Å². The Kier molecular flexibility index (Phi) is 6.63. The maximum atomic E-state index is 13.2. The van der Waals surface area contributed by atoms with E-state index in [0.29, 0.717) is 49.3 Å². The van der Waals surface area contributed by atoms with Crippen LogP contribution in [0.25, 0.3) is 11.0 Å². The summed E-state index contributed by atoms with van der Waals surface area (Å²) < 4.78 is 7.64. The average Bonchev–Trinajstić information content (AvgIpc) is 3.27. The Hall–Kier alpha value is -3.19. The molecule has 178 valence electrons. The lowest BCUT2D eigenvalue weighted by Gasteiger charge is -2.29. The second-order valence-corrected chi connectivity index (χ2v) is 9.39. The van der Waals surface area contributed by atoms with Crippen LogP contribution >= 0.6 is 0 Å². The summed E-state index contributed by atoms with van der Waals surface area (Å²) in [6.07, 6.45) is 8.35. The molecule has 0 atom stereocenters. The van der Waals surface area contributed by atoms with Gasteiger partial charge >= 0.3 is 0 Å². The molecule has 0 radical (unpaired) electrons. The Bertz CT molecular complexity index is 1160. The minimum atomic E-state index is -0.0461. The first-order valence-corrected chi connectivity index (χ1v) is 12.3. The van der Waals surface area contributed by atoms with Crippen molar-refractivity contribution in [3.05, 3.63) is 65.5 Å². The minimum Gasteiger partial charge on any atom is -0.378 e. The second kappa shape index (κ2) is 9.97. The molecule has 1 aliphatic carbocycles. The number of nitrogens with zero attached hydrogens (tertiary/aromatic N) is 3. The fourth-order valence-corrected chi connectivity index (χ4v) is 5.37. The first-order valence-electron chi connectivity index (χ1n) is 12.3. The van der Waals surface area contributed by atoms with E-state index >= 15 is 0 Å². The number of rotatable bonds is 5. The lowest BCUT2D eigenvalue weighted by atomic mass is 9.78. The summed E-state index contributed by atoms with van der Waals surface area (Å²) in [6.45, 7) is 3.35. The van der Waals surface area contributed by atoms with Crippen molar-refractivity contribution in [1.82, 2.24) is 19.8 Å². The van der Waals surface area contributed by atoms with Crippen LogP contribution in [-0.4, -0.2) is 59.6 Å². The molecule has 1 aromatic carbocycles. The van der Waals surface area contributed by atoms with E-state index in [9.17, 15) is 9.59 Å². The molecular weight excluding hydrogens is 428 g/mol. The minimum absolute atomic E-state index is 0.0461. The van der Waals surface area contributed by atoms with E-state index < -0.39 is 0 Å². The van der Waals surface area contributed by atoms with Gasteiger partial charge in [-0.2, -0.15) is 0 Å². The number of hydrogen-bond acceptors (Lipinski definition) is 4. The number of nitrogens with one attached hydrogen (secondary N) is 1. The van der Waals surface area contributed by atoms with Crippen molar-refractivity contribution in [2.75, 3.05) is 33.4 Å². The highest BCUT2D eigenvalue weighted by atomic mass is 16.5. The van der Waals surface area contributed by atoms with Crippen LogP contribution < -0.4 is 5.32 Å². The van der Waals surface area contributed by atoms with E-state index in [1.807, 2.05) is 29.3 Å². The number of aromatic nitrogens is 2. The molecule has 3 aromatic rings. The average molecular weight is 461 g/mol. The Morgan fingerprint density at radius 3 is 2.50 bits per heavy atom. The van der Waals surface area contributed by atoms with Crippen molar-refractivity contribution in [3.8, 4) is 0 Å². The molecule has 2 fully saturated rings. The fourth-order valence-electron chi connectivity index (χ4n) is 5.37. The molecule has 1 saturated carbocycles. The largest absolute Gasteiger partial charge is 0.378 e. The Morgan fingerprint density at radius 2 is 1.79 bits per heavy atom. The molecule has 0 unspecified atom stereocenters. The molecule has 2 aliphatic rings. The zero-order valence-electron chi connectivity index (χ0n) is 19.7. The third-order valence-corrected chi connectivity index (χ3v) is 7.34. The zero-order valence-corrected chi connectivity index (χ0v) is 19.7. The molecule has 2 amide bonds. The maximum Gasteiger partial charge on any atom is 0.257 e. The van der Waals surface area contributed by atoms with Crippen molar-refractivity contribution in [2.24, 2.45) is 5.92 Å². The lowest BCUT2D eigenvalue weighted by Crippen LogP contribution is -2.40. The summed E-state index contributed by atoms with van der Waals surface area (Å²) in [5.41, 5.74) is 4.55. The number of benzene rings is 1. The smallest absolute Gasteiger partial charge is 0.257 e. The standard InChI is InChI=1S/C27H32N4O3/c1-28-26(32)22-10-8-21(9-11-22)20-6-4-19(5-7-20)17-31-18-23(25-24(31)3-2-12-29-25)27(33)30-13-15-34-16-14-30/h2-3,8-12,18-20H,4-7,13-17H2,1H3,(H,28,32). The molecule has 7 heteroatoms. The van der Waals surface area contributed by atoms with Gasteiger partial charge in [0, 0.05) is 44.6 Å². The van der Waals surface area contributed by atoms with E-state index in [2.05, 4.69) is 33.1 Å². The number of fused-ring (bicyclic) bond motifs is 1. The summed E-state index contributed by atoms with van der Waals surface area (Å²) in [4.78, 5) is 31.4. The third kappa shape index (κ3) is 4.57. The highest BCUT2D eigenvalue weighted by Gasteiger charge is 2.26. The summed E-state index contributed by atoms with van der Waals surface area (Å²) in [7, 11) is 1.66. The van der Waals surface area contributed by atoms with Crippen LogP contribution in [-0.2, 0) is 11.3 Å². The number of ether oxygens (including phenoxy) is 1. The van der Waals surface area contributed by atoms with E-state index in [0.717, 1.165) is 43.3 Å². The molecule has 1 saturated heterocycles. The third-order valence-electron chi connectivity index (χ3n) is 7.34. The first-order chi connectivity index (χ1) is 16.6.